The van der Waals surface area contributed by atoms with Crippen LogP contribution in [0.3, 0.4) is 0 Å². The summed E-state index contributed by atoms with van der Waals surface area (Å²) in [6, 6.07) is 0. The van der Waals surface area contributed by atoms with E-state index in [4.69, 9.17) is 0 Å². The molecule has 0 aliphatic rings. The van der Waals surface area contributed by atoms with Gasteiger partial charge in [-0.1, -0.05) is 44.4 Å². The fourth-order valence-corrected chi connectivity index (χ4v) is 1.07. The van der Waals surface area contributed by atoms with Gasteiger partial charge in [0.15, 0.2) is 0 Å². The molecule has 0 saturated carbocycles. The molecule has 0 aliphatic heterocycles. The van der Waals surface area contributed by atoms with Crippen LogP contribution in [-0.4, -0.2) is 13.1 Å². The first-order valence-electron chi connectivity index (χ1n) is 5.22. The minimum Gasteiger partial charge on any atom is -0.466 e. The van der Waals surface area contributed by atoms with Crippen molar-refractivity contribution in [3.63, 3.8) is 0 Å². The van der Waals surface area contributed by atoms with Gasteiger partial charge in [-0.05, 0) is 12.8 Å². The Morgan fingerprint density at radius 1 is 1.21 bits per heavy atom. The van der Waals surface area contributed by atoms with Crippen LogP contribution in [0.15, 0.2) is 24.3 Å². The molecule has 0 aromatic rings. The Hall–Kier alpha value is -1.05. The van der Waals surface area contributed by atoms with Crippen LogP contribution in [-0.2, 0) is 9.53 Å². The van der Waals surface area contributed by atoms with E-state index in [0.29, 0.717) is 0 Å². The van der Waals surface area contributed by atoms with Gasteiger partial charge in [0.05, 0.1) is 7.11 Å². The van der Waals surface area contributed by atoms with E-state index in [0.717, 1.165) is 6.42 Å². The minimum atomic E-state index is -0.305. The lowest BCUT2D eigenvalue weighted by atomic mass is 10.1. The number of carbonyl (C=O) groups is 1. The minimum absolute atomic E-state index is 0.305. The summed E-state index contributed by atoms with van der Waals surface area (Å²) < 4.78 is 4.45. The van der Waals surface area contributed by atoms with Crippen LogP contribution in [0, 0.1) is 0 Å². The van der Waals surface area contributed by atoms with E-state index in [2.05, 4.69) is 17.7 Å². The summed E-state index contributed by atoms with van der Waals surface area (Å²) in [6.45, 7) is 2.20. The molecule has 2 nitrogen and oxygen atoms in total. The first kappa shape index (κ1) is 12.9. The van der Waals surface area contributed by atoms with Crippen molar-refractivity contribution in [3.05, 3.63) is 24.3 Å². The molecular weight excluding hydrogens is 176 g/mol. The molecule has 0 saturated heterocycles. The van der Waals surface area contributed by atoms with Gasteiger partial charge in [0.1, 0.15) is 0 Å². The fraction of sp³-hybridized carbons (Fsp3) is 0.583. The van der Waals surface area contributed by atoms with Crippen LogP contribution in [0.4, 0.5) is 0 Å². The lowest BCUT2D eigenvalue weighted by molar-refractivity contribution is -0.134. The van der Waals surface area contributed by atoms with Gasteiger partial charge in [0, 0.05) is 6.08 Å². The average molecular weight is 196 g/mol. The molecule has 14 heavy (non-hydrogen) atoms. The molecule has 0 unspecified atom stereocenters. The third-order valence-corrected chi connectivity index (χ3v) is 1.91. The summed E-state index contributed by atoms with van der Waals surface area (Å²) in [5, 5.41) is 0. The van der Waals surface area contributed by atoms with E-state index in [1.54, 1.807) is 6.08 Å². The van der Waals surface area contributed by atoms with Crippen LogP contribution in [0.1, 0.15) is 39.0 Å². The summed E-state index contributed by atoms with van der Waals surface area (Å²) in [4.78, 5) is 10.6. The van der Waals surface area contributed by atoms with Gasteiger partial charge in [-0.2, -0.15) is 0 Å². The van der Waals surface area contributed by atoms with E-state index in [1.807, 2.05) is 6.08 Å². The molecule has 0 heterocycles. The second-order valence-corrected chi connectivity index (χ2v) is 3.16. The Labute approximate surface area is 86.6 Å². The van der Waals surface area contributed by atoms with Crippen molar-refractivity contribution in [1.82, 2.24) is 0 Å². The lowest BCUT2D eigenvalue weighted by Crippen LogP contribution is -1.92. The summed E-state index contributed by atoms with van der Waals surface area (Å²) >= 11 is 0. The van der Waals surface area contributed by atoms with E-state index < -0.39 is 0 Å². The number of hydrogen-bond acceptors (Lipinski definition) is 2. The van der Waals surface area contributed by atoms with Crippen molar-refractivity contribution < 1.29 is 9.53 Å². The third-order valence-electron chi connectivity index (χ3n) is 1.91. The largest absolute Gasteiger partial charge is 0.466 e. The Balaban J connectivity index is 3.35. The molecular formula is C12H20O2. The molecule has 0 aromatic carbocycles. The second-order valence-electron chi connectivity index (χ2n) is 3.16. The molecule has 0 fully saturated rings. The normalized spacial score (nSPS) is 11.3. The molecule has 0 spiro atoms. The van der Waals surface area contributed by atoms with Gasteiger partial charge in [-0.3, -0.25) is 0 Å². The highest BCUT2D eigenvalue weighted by Crippen LogP contribution is 2.02. The zero-order valence-corrected chi connectivity index (χ0v) is 9.16. The van der Waals surface area contributed by atoms with Crippen molar-refractivity contribution in [2.24, 2.45) is 0 Å². The highest BCUT2D eigenvalue weighted by Gasteiger charge is 1.86. The zero-order valence-electron chi connectivity index (χ0n) is 9.16. The Bertz CT molecular complexity index is 192. The number of esters is 1. The Kier molecular flexibility index (Phi) is 9.28. The standard InChI is InChI=1S/C12H20O2/c1-3-4-5-6-7-8-9-10-11-12(13)14-2/h8-11H,3-7H2,1-2H3/b9-8-,11-10?. The van der Waals surface area contributed by atoms with Crippen molar-refractivity contribution in [1.29, 1.82) is 0 Å². The van der Waals surface area contributed by atoms with Crippen molar-refractivity contribution >= 4 is 5.97 Å². The zero-order chi connectivity index (χ0) is 10.6. The van der Waals surface area contributed by atoms with Crippen molar-refractivity contribution in [3.8, 4) is 0 Å². The lowest BCUT2D eigenvalue weighted by Gasteiger charge is -1.92. The van der Waals surface area contributed by atoms with Gasteiger partial charge < -0.3 is 4.74 Å². The van der Waals surface area contributed by atoms with E-state index >= 15 is 0 Å². The van der Waals surface area contributed by atoms with Crippen LogP contribution in [0.25, 0.3) is 0 Å². The van der Waals surface area contributed by atoms with Crippen LogP contribution < -0.4 is 0 Å². The molecule has 0 rings (SSSR count). The number of allylic oxidation sites excluding steroid dienone is 3. The van der Waals surface area contributed by atoms with E-state index in [9.17, 15) is 4.79 Å². The first-order chi connectivity index (χ1) is 6.81. The number of unbranched alkanes of at least 4 members (excludes halogenated alkanes) is 4. The van der Waals surface area contributed by atoms with Gasteiger partial charge in [0.2, 0.25) is 0 Å². The maximum absolute atomic E-state index is 10.6. The fourth-order valence-electron chi connectivity index (χ4n) is 1.07. The Morgan fingerprint density at radius 2 is 2.00 bits per heavy atom. The number of hydrogen-bond donors (Lipinski definition) is 0. The molecule has 0 radical (unpaired) electrons. The van der Waals surface area contributed by atoms with Gasteiger partial charge in [-0.15, -0.1) is 0 Å². The van der Waals surface area contributed by atoms with Crippen molar-refractivity contribution in [2.45, 2.75) is 39.0 Å². The van der Waals surface area contributed by atoms with Crippen molar-refractivity contribution in [2.75, 3.05) is 7.11 Å². The monoisotopic (exact) mass is 196 g/mol. The molecule has 0 atom stereocenters. The first-order valence-corrected chi connectivity index (χ1v) is 5.22. The predicted octanol–water partition coefficient (Wildman–Crippen LogP) is 3.24. The van der Waals surface area contributed by atoms with Gasteiger partial charge >= 0.3 is 5.97 Å². The summed E-state index contributed by atoms with van der Waals surface area (Å²) in [5.41, 5.74) is 0. The molecule has 0 aliphatic carbocycles. The number of methoxy groups -OCH3 is 1. The summed E-state index contributed by atoms with van der Waals surface area (Å²) in [5.74, 6) is -0.305. The van der Waals surface area contributed by atoms with Crippen LogP contribution in [0.5, 0.6) is 0 Å². The third kappa shape index (κ3) is 9.04. The SMILES string of the molecule is CCCCCC/C=C\C=CC(=O)OC. The number of rotatable bonds is 7. The highest BCUT2D eigenvalue weighted by molar-refractivity contribution is 5.82. The Morgan fingerprint density at radius 3 is 2.64 bits per heavy atom. The van der Waals surface area contributed by atoms with Crippen LogP contribution in [0.2, 0.25) is 0 Å². The molecule has 0 N–H and O–H groups in total. The maximum atomic E-state index is 10.6. The van der Waals surface area contributed by atoms with E-state index in [-0.39, 0.29) is 5.97 Å². The predicted molar refractivity (Wildman–Crippen MR) is 59.1 cm³/mol. The topological polar surface area (TPSA) is 26.3 Å². The smallest absolute Gasteiger partial charge is 0.330 e. The molecule has 0 amide bonds. The highest BCUT2D eigenvalue weighted by atomic mass is 16.5. The summed E-state index contributed by atoms with van der Waals surface area (Å²) in [7, 11) is 1.38. The molecule has 2 heteroatoms. The molecule has 0 aromatic heterocycles. The molecule has 80 valence electrons. The second kappa shape index (κ2) is 10.0. The maximum Gasteiger partial charge on any atom is 0.330 e. The van der Waals surface area contributed by atoms with E-state index in [1.165, 1.54) is 38.9 Å². The number of ether oxygens (including phenoxy) is 1. The summed E-state index contributed by atoms with van der Waals surface area (Å²) in [6.07, 6.45) is 13.3. The quantitative estimate of drug-likeness (QED) is 0.270. The van der Waals surface area contributed by atoms with Crippen LogP contribution >= 0.6 is 0 Å². The van der Waals surface area contributed by atoms with Gasteiger partial charge in [0.25, 0.3) is 0 Å². The molecule has 0 bridgehead atoms. The number of carbonyl (C=O) groups excluding carboxylic acids is 1. The van der Waals surface area contributed by atoms with Gasteiger partial charge in [-0.25, -0.2) is 4.79 Å². The average Bonchev–Trinajstić information content (AvgIpc) is 2.21.